The number of likely N-dealkylation sites (tertiary alicyclic amines) is 1. The van der Waals surface area contributed by atoms with Crippen LogP contribution >= 0.6 is 0 Å². The number of carbonyl (C=O) groups excluding carboxylic acids is 4. The molecular weight excluding hydrogens is 918 g/mol. The molecule has 4 saturated carbocycles. The number of para-hydroxylation sites is 1. The van der Waals surface area contributed by atoms with E-state index < -0.39 is 80.3 Å². The first-order valence-corrected chi connectivity index (χ1v) is 26.8. The van der Waals surface area contributed by atoms with Crippen molar-refractivity contribution in [2.75, 3.05) is 32.8 Å². The molecule has 69 heavy (non-hydrogen) atoms. The number of carbonyl (C=O) groups is 4. The first-order chi connectivity index (χ1) is 33.0. The molecule has 3 N–H and O–H groups in total. The molecule has 7 aliphatic rings. The van der Waals surface area contributed by atoms with Gasteiger partial charge in [-0.1, -0.05) is 50.3 Å². The number of sulfonamides is 1. The summed E-state index contributed by atoms with van der Waals surface area (Å²) >= 11 is 0. The molecule has 15 nitrogen and oxygen atoms in total. The Morgan fingerprint density at radius 1 is 0.986 bits per heavy atom. The second kappa shape index (κ2) is 19.9. The zero-order valence-corrected chi connectivity index (χ0v) is 40.4. The second-order valence-electron chi connectivity index (χ2n) is 21.0. The van der Waals surface area contributed by atoms with Crippen molar-refractivity contribution in [3.63, 3.8) is 0 Å². The lowest BCUT2D eigenvalue weighted by molar-refractivity contribution is -0.185. The molecule has 4 amide bonds. The number of alkyl halides is 3. The zero-order chi connectivity index (χ0) is 48.7. The van der Waals surface area contributed by atoms with E-state index in [2.05, 4.69) is 26.8 Å². The maximum absolute atomic E-state index is 15.1. The van der Waals surface area contributed by atoms with Gasteiger partial charge in [0.1, 0.15) is 35.6 Å². The number of alkyl carbamates (subject to hydrolysis) is 1. The van der Waals surface area contributed by atoms with E-state index in [4.69, 9.17) is 19.2 Å². The lowest BCUT2D eigenvalue weighted by Crippen LogP contribution is -2.59. The molecule has 0 unspecified atom stereocenters. The molecule has 2 saturated heterocycles. The van der Waals surface area contributed by atoms with E-state index in [1.165, 1.54) is 11.0 Å². The van der Waals surface area contributed by atoms with E-state index in [1.807, 2.05) is 24.3 Å². The first kappa shape index (κ1) is 49.3. The summed E-state index contributed by atoms with van der Waals surface area (Å²) in [6, 6.07) is 5.37. The predicted molar refractivity (Wildman–Crippen MR) is 250 cm³/mol. The predicted octanol–water partition coefficient (Wildman–Crippen LogP) is 6.87. The van der Waals surface area contributed by atoms with Gasteiger partial charge < -0.3 is 34.6 Å². The molecule has 0 radical (unpaired) electrons. The molecule has 1 aromatic carbocycles. The van der Waals surface area contributed by atoms with Crippen LogP contribution in [0.25, 0.3) is 10.9 Å². The first-order valence-electron chi connectivity index (χ1n) is 25.3. The zero-order valence-electron chi connectivity index (χ0n) is 39.5. The number of amides is 4. The van der Waals surface area contributed by atoms with Gasteiger partial charge in [0.2, 0.25) is 27.7 Å². The Morgan fingerprint density at radius 3 is 2.39 bits per heavy atom. The Labute approximate surface area is 402 Å². The molecule has 3 aliphatic heterocycles. The molecule has 9 rings (SSSR count). The lowest BCUT2D eigenvalue weighted by Gasteiger charge is -2.34. The second-order valence-corrected chi connectivity index (χ2v) is 23.2. The van der Waals surface area contributed by atoms with Crippen molar-refractivity contribution in [3.8, 4) is 11.6 Å². The van der Waals surface area contributed by atoms with Gasteiger partial charge in [-0.15, -0.1) is 6.58 Å². The van der Waals surface area contributed by atoms with Crippen molar-refractivity contribution < 1.29 is 55.0 Å². The van der Waals surface area contributed by atoms with Gasteiger partial charge in [-0.05, 0) is 121 Å². The molecule has 0 spiro atoms. The fraction of sp³-hybridized carbons (Fsp3) is 0.700. The van der Waals surface area contributed by atoms with E-state index in [1.54, 1.807) is 6.92 Å². The lowest BCUT2D eigenvalue weighted by atomic mass is 9.83. The molecule has 6 fully saturated rings. The van der Waals surface area contributed by atoms with E-state index in [-0.39, 0.29) is 50.2 Å². The number of nitrogens with zero attached hydrogens (tertiary/aromatic N) is 3. The smallest absolute Gasteiger partial charge is 0.408 e. The highest BCUT2D eigenvalue weighted by molar-refractivity contribution is 7.91. The SMILES string of the molecule is C=C[C@@H]1C[C@]1(NC(=O)[C@@H]1C[C@@H]2CN1C(=O)[C@H](C1CCCCC1)NC(=O)O[C@@H]1C[C@H]1CCCCCc1c(nc3ccccc3c1OCCCN1CCC(C(F)(F)F)CC1)O2)C(=O)NS(=O)(=O)C1(C)CC1. The Kier molecular flexibility index (Phi) is 14.2. The van der Waals surface area contributed by atoms with Gasteiger partial charge in [0.15, 0.2) is 0 Å². The summed E-state index contributed by atoms with van der Waals surface area (Å²) in [5.41, 5.74) is -0.268. The van der Waals surface area contributed by atoms with E-state index in [0.29, 0.717) is 81.9 Å². The molecular formula is C50H67F3N6O9S. The summed E-state index contributed by atoms with van der Waals surface area (Å²) in [7, 11) is -4.05. The number of pyridine rings is 1. The van der Waals surface area contributed by atoms with Crippen LogP contribution in [0.1, 0.15) is 122 Å². The summed E-state index contributed by atoms with van der Waals surface area (Å²) in [5.74, 6) is -2.95. The van der Waals surface area contributed by atoms with Crippen LogP contribution < -0.4 is 24.8 Å². The third-order valence-electron chi connectivity index (χ3n) is 16.1. The van der Waals surface area contributed by atoms with E-state index in [0.717, 1.165) is 62.3 Å². The Bertz CT molecular complexity index is 2390. The van der Waals surface area contributed by atoms with Crippen molar-refractivity contribution in [2.45, 2.75) is 163 Å². The van der Waals surface area contributed by atoms with Gasteiger partial charge in [-0.3, -0.25) is 19.1 Å². The third kappa shape index (κ3) is 10.8. The summed E-state index contributed by atoms with van der Waals surface area (Å²) in [6.45, 7) is 6.98. The monoisotopic (exact) mass is 984 g/mol. The molecule has 19 heteroatoms. The summed E-state index contributed by atoms with van der Waals surface area (Å²) in [5, 5.41) is 6.58. The number of hydrogen-bond acceptors (Lipinski definition) is 11. The molecule has 2 bridgehead atoms. The summed E-state index contributed by atoms with van der Waals surface area (Å²) < 4.78 is 87.2. The number of piperidine rings is 1. The van der Waals surface area contributed by atoms with Crippen LogP contribution in [0.2, 0.25) is 0 Å². The molecule has 7 atom stereocenters. The van der Waals surface area contributed by atoms with Crippen molar-refractivity contribution >= 4 is 44.7 Å². The maximum atomic E-state index is 15.1. The van der Waals surface area contributed by atoms with Crippen LogP contribution in [0.5, 0.6) is 11.6 Å². The van der Waals surface area contributed by atoms with Crippen LogP contribution in [-0.2, 0) is 35.6 Å². The Balaban J connectivity index is 1.01. The largest absolute Gasteiger partial charge is 0.492 e. The number of nitrogens with one attached hydrogen (secondary N) is 3. The fourth-order valence-electron chi connectivity index (χ4n) is 11.2. The van der Waals surface area contributed by atoms with Crippen LogP contribution in [0.15, 0.2) is 36.9 Å². The van der Waals surface area contributed by atoms with Gasteiger partial charge in [-0.25, -0.2) is 18.2 Å². The Hall–Kier alpha value is -4.65. The molecule has 378 valence electrons. The van der Waals surface area contributed by atoms with Gasteiger partial charge >= 0.3 is 12.3 Å². The fourth-order valence-corrected chi connectivity index (χ4v) is 12.5. The standard InChI is InChI=1S/C50H67F3N6O9S/c1-3-33-29-49(33,46(62)57-69(64,65)48(2)21-22-48)56-43(60)39-28-35-30-59(39)45(61)41(31-13-6-4-7-14-31)55-47(63)68-40-27-32(40)15-8-5-9-17-37-42(36-16-10-11-18-38(36)54-44(37)67-35)66-26-12-23-58-24-19-34(20-25-58)50(51,52)53/h3,10-11,16,18,31-35,39-41H,1,4-9,12-15,17,19-30H2,2H3,(H,55,63)(H,56,60)(H,57,62)/t32-,33-,35-,39+,40-,41+,49-/m1/s1. The van der Waals surface area contributed by atoms with Gasteiger partial charge in [0.05, 0.1) is 34.9 Å². The number of fused-ring (bicyclic) bond motifs is 5. The van der Waals surface area contributed by atoms with Crippen LogP contribution in [0.3, 0.4) is 0 Å². The molecule has 4 aliphatic carbocycles. The highest BCUT2D eigenvalue weighted by Gasteiger charge is 2.63. The highest BCUT2D eigenvalue weighted by Crippen LogP contribution is 2.48. The average Bonchev–Trinajstić information content (AvgIpc) is 4.29. The minimum Gasteiger partial charge on any atom is -0.492 e. The Morgan fingerprint density at radius 2 is 1.70 bits per heavy atom. The number of benzene rings is 1. The average molecular weight is 985 g/mol. The molecule has 1 aromatic heterocycles. The minimum absolute atomic E-state index is 0.00878. The normalized spacial score (nSPS) is 30.3. The number of aromatic nitrogens is 1. The summed E-state index contributed by atoms with van der Waals surface area (Å²) in [6.07, 6.45) is 6.06. The van der Waals surface area contributed by atoms with E-state index in [9.17, 15) is 36.0 Å². The highest BCUT2D eigenvalue weighted by atomic mass is 32.2. The number of ether oxygens (including phenoxy) is 3. The van der Waals surface area contributed by atoms with Crippen molar-refractivity contribution in [1.29, 1.82) is 0 Å². The summed E-state index contributed by atoms with van der Waals surface area (Å²) in [4.78, 5) is 66.0. The van der Waals surface area contributed by atoms with Gasteiger partial charge in [-0.2, -0.15) is 13.2 Å². The maximum Gasteiger partial charge on any atom is 0.408 e. The van der Waals surface area contributed by atoms with Gasteiger partial charge in [0.25, 0.3) is 5.91 Å². The van der Waals surface area contributed by atoms with Crippen LogP contribution in [0.4, 0.5) is 18.0 Å². The number of rotatable bonds is 12. The van der Waals surface area contributed by atoms with Gasteiger partial charge in [0, 0.05) is 24.3 Å². The quantitative estimate of drug-likeness (QED) is 0.149. The van der Waals surface area contributed by atoms with Crippen molar-refractivity contribution in [3.05, 3.63) is 42.5 Å². The van der Waals surface area contributed by atoms with Crippen molar-refractivity contribution in [2.24, 2.45) is 23.7 Å². The van der Waals surface area contributed by atoms with Crippen LogP contribution in [0, 0.1) is 23.7 Å². The molecule has 2 aromatic rings. The molecule has 4 heterocycles. The van der Waals surface area contributed by atoms with Crippen molar-refractivity contribution in [1.82, 2.24) is 30.1 Å². The topological polar surface area (TPSA) is 186 Å². The van der Waals surface area contributed by atoms with Crippen LogP contribution in [-0.4, -0.2) is 121 Å². The number of hydrogen-bond donors (Lipinski definition) is 3. The third-order valence-corrected chi connectivity index (χ3v) is 18.3. The number of halogens is 3. The minimum atomic E-state index is -4.18. The van der Waals surface area contributed by atoms with E-state index >= 15 is 4.79 Å².